The zero-order valence-corrected chi connectivity index (χ0v) is 16.8. The molecular formula is C18H31N5O4. The molecule has 0 amide bonds. The standard InChI is InChI=1S/C16H25N5O4.C2H6/c1-3-22-10-21(6-14-9-25-14)16-18-11(2)17-15(19-16)20(4-12-7-23-12)5-13-8-24-13;1-2/h12-14H,3-10H2,1-2H3;1-2H3. The van der Waals surface area contributed by atoms with E-state index >= 15 is 0 Å². The first kappa shape index (κ1) is 20.2. The molecule has 0 N–H and O–H groups in total. The molecule has 1 aromatic heterocycles. The third-order valence-corrected chi connectivity index (χ3v) is 4.22. The highest BCUT2D eigenvalue weighted by atomic mass is 16.6. The van der Waals surface area contributed by atoms with E-state index in [0.717, 1.165) is 39.5 Å². The summed E-state index contributed by atoms with van der Waals surface area (Å²) in [6.45, 7) is 13.6. The van der Waals surface area contributed by atoms with E-state index in [9.17, 15) is 0 Å². The molecule has 3 saturated heterocycles. The Morgan fingerprint density at radius 2 is 1.30 bits per heavy atom. The van der Waals surface area contributed by atoms with Gasteiger partial charge in [-0.1, -0.05) is 13.8 Å². The predicted octanol–water partition coefficient (Wildman–Crippen LogP) is 1.01. The molecule has 4 rings (SSSR count). The Kier molecular flexibility index (Phi) is 7.17. The lowest BCUT2D eigenvalue weighted by Crippen LogP contribution is -2.36. The van der Waals surface area contributed by atoms with Gasteiger partial charge < -0.3 is 28.7 Å². The molecule has 27 heavy (non-hydrogen) atoms. The molecule has 9 heteroatoms. The molecule has 0 saturated carbocycles. The maximum absolute atomic E-state index is 5.58. The van der Waals surface area contributed by atoms with Gasteiger partial charge in [-0.3, -0.25) is 0 Å². The van der Waals surface area contributed by atoms with Gasteiger partial charge in [0.25, 0.3) is 0 Å². The number of nitrogens with zero attached hydrogens (tertiary/aromatic N) is 5. The van der Waals surface area contributed by atoms with E-state index in [1.165, 1.54) is 0 Å². The number of anilines is 2. The quantitative estimate of drug-likeness (QED) is 0.411. The van der Waals surface area contributed by atoms with Crippen LogP contribution in [0, 0.1) is 6.92 Å². The molecule has 152 valence electrons. The van der Waals surface area contributed by atoms with Crippen molar-refractivity contribution in [2.75, 3.05) is 62.6 Å². The van der Waals surface area contributed by atoms with Crippen LogP contribution in [0.5, 0.6) is 0 Å². The summed E-state index contributed by atoms with van der Waals surface area (Å²) in [5, 5.41) is 0. The summed E-state index contributed by atoms with van der Waals surface area (Å²) < 4.78 is 21.7. The van der Waals surface area contributed by atoms with Crippen LogP contribution in [-0.4, -0.2) is 86.1 Å². The normalized spacial score (nSPS) is 24.7. The van der Waals surface area contributed by atoms with Crippen molar-refractivity contribution in [3.8, 4) is 0 Å². The van der Waals surface area contributed by atoms with Gasteiger partial charge >= 0.3 is 0 Å². The van der Waals surface area contributed by atoms with Crippen LogP contribution in [0.1, 0.15) is 26.6 Å². The van der Waals surface area contributed by atoms with Gasteiger partial charge in [-0.05, 0) is 13.8 Å². The fourth-order valence-electron chi connectivity index (χ4n) is 2.63. The van der Waals surface area contributed by atoms with Gasteiger partial charge in [-0.2, -0.15) is 15.0 Å². The van der Waals surface area contributed by atoms with Crippen molar-refractivity contribution in [3.05, 3.63) is 5.82 Å². The van der Waals surface area contributed by atoms with Crippen molar-refractivity contribution >= 4 is 11.9 Å². The van der Waals surface area contributed by atoms with Crippen LogP contribution >= 0.6 is 0 Å². The third-order valence-electron chi connectivity index (χ3n) is 4.22. The maximum Gasteiger partial charge on any atom is 0.232 e. The van der Waals surface area contributed by atoms with Gasteiger partial charge in [0.1, 0.15) is 12.6 Å². The minimum atomic E-state index is 0.233. The van der Waals surface area contributed by atoms with E-state index in [0.29, 0.717) is 31.1 Å². The zero-order valence-electron chi connectivity index (χ0n) is 16.8. The van der Waals surface area contributed by atoms with Gasteiger partial charge in [-0.25, -0.2) is 0 Å². The highest BCUT2D eigenvalue weighted by Gasteiger charge is 2.33. The first-order valence-electron chi connectivity index (χ1n) is 9.86. The van der Waals surface area contributed by atoms with Crippen LogP contribution in [0.2, 0.25) is 0 Å². The van der Waals surface area contributed by atoms with Gasteiger partial charge in [0.2, 0.25) is 11.9 Å². The largest absolute Gasteiger partial charge is 0.371 e. The zero-order chi connectivity index (χ0) is 19.2. The van der Waals surface area contributed by atoms with Crippen molar-refractivity contribution in [3.63, 3.8) is 0 Å². The number of rotatable bonds is 11. The molecule has 3 aliphatic heterocycles. The molecule has 0 bridgehead atoms. The Hall–Kier alpha value is -1.55. The molecule has 3 atom stereocenters. The topological polar surface area (TPSA) is 92.0 Å². The van der Waals surface area contributed by atoms with Gasteiger partial charge in [0.15, 0.2) is 0 Å². The third kappa shape index (κ3) is 6.53. The van der Waals surface area contributed by atoms with E-state index in [1.54, 1.807) is 0 Å². The molecular weight excluding hydrogens is 350 g/mol. The molecule has 0 aliphatic carbocycles. The highest BCUT2D eigenvalue weighted by Crippen LogP contribution is 2.22. The number of ether oxygens (including phenoxy) is 4. The highest BCUT2D eigenvalue weighted by molar-refractivity contribution is 5.40. The summed E-state index contributed by atoms with van der Waals surface area (Å²) in [7, 11) is 0. The molecule has 1 aromatic rings. The fourth-order valence-corrected chi connectivity index (χ4v) is 2.63. The second kappa shape index (κ2) is 9.59. The summed E-state index contributed by atoms with van der Waals surface area (Å²) in [4.78, 5) is 17.9. The first-order valence-corrected chi connectivity index (χ1v) is 9.86. The molecule has 3 fully saturated rings. The molecule has 0 aromatic carbocycles. The lowest BCUT2D eigenvalue weighted by molar-refractivity contribution is 0.144. The van der Waals surface area contributed by atoms with Crippen molar-refractivity contribution in [1.29, 1.82) is 0 Å². The summed E-state index contributed by atoms with van der Waals surface area (Å²) in [5.74, 6) is 1.99. The summed E-state index contributed by atoms with van der Waals surface area (Å²) in [5.41, 5.74) is 0. The maximum atomic E-state index is 5.58. The smallest absolute Gasteiger partial charge is 0.232 e. The fraction of sp³-hybridized carbons (Fsp3) is 0.833. The van der Waals surface area contributed by atoms with E-state index in [2.05, 4.69) is 14.9 Å². The van der Waals surface area contributed by atoms with Gasteiger partial charge in [0, 0.05) is 19.7 Å². The molecule has 0 radical (unpaired) electrons. The van der Waals surface area contributed by atoms with Crippen molar-refractivity contribution in [1.82, 2.24) is 15.0 Å². The van der Waals surface area contributed by atoms with Crippen LogP contribution in [0.15, 0.2) is 0 Å². The Morgan fingerprint density at radius 1 is 0.852 bits per heavy atom. The van der Waals surface area contributed by atoms with Crippen molar-refractivity contribution in [2.24, 2.45) is 0 Å². The summed E-state index contributed by atoms with van der Waals surface area (Å²) >= 11 is 0. The van der Waals surface area contributed by atoms with E-state index < -0.39 is 0 Å². The molecule has 3 unspecified atom stereocenters. The Bertz CT molecular complexity index is 579. The predicted molar refractivity (Wildman–Crippen MR) is 101 cm³/mol. The molecule has 9 nitrogen and oxygen atoms in total. The number of aromatic nitrogens is 3. The van der Waals surface area contributed by atoms with Crippen LogP contribution < -0.4 is 9.80 Å². The van der Waals surface area contributed by atoms with Crippen molar-refractivity contribution in [2.45, 2.75) is 46.0 Å². The SMILES string of the molecule is CC.CCOCN(CC1CO1)c1nc(C)nc(N(CC2CO2)CC2CO2)n1. The second-order valence-corrected chi connectivity index (χ2v) is 6.60. The van der Waals surface area contributed by atoms with Gasteiger partial charge in [-0.15, -0.1) is 0 Å². The van der Waals surface area contributed by atoms with E-state index in [1.807, 2.05) is 32.6 Å². The monoisotopic (exact) mass is 381 g/mol. The van der Waals surface area contributed by atoms with E-state index in [-0.39, 0.29) is 18.3 Å². The second-order valence-electron chi connectivity index (χ2n) is 6.60. The number of aryl methyl sites for hydroxylation is 1. The van der Waals surface area contributed by atoms with Crippen LogP contribution in [0.25, 0.3) is 0 Å². The molecule has 0 spiro atoms. The van der Waals surface area contributed by atoms with Crippen LogP contribution in [-0.2, 0) is 18.9 Å². The minimum Gasteiger partial charge on any atom is -0.371 e. The lowest BCUT2D eigenvalue weighted by atomic mass is 10.3. The lowest BCUT2D eigenvalue weighted by Gasteiger charge is -2.25. The van der Waals surface area contributed by atoms with Crippen molar-refractivity contribution < 1.29 is 18.9 Å². The average Bonchev–Trinajstić information content (AvgIpc) is 3.52. The Morgan fingerprint density at radius 3 is 1.74 bits per heavy atom. The molecule has 4 heterocycles. The molecule has 3 aliphatic rings. The number of epoxide rings is 3. The first-order chi connectivity index (χ1) is 13.2. The Balaban J connectivity index is 0.00000102. The summed E-state index contributed by atoms with van der Waals surface area (Å²) in [6.07, 6.45) is 0.758. The van der Waals surface area contributed by atoms with Crippen LogP contribution in [0.4, 0.5) is 11.9 Å². The van der Waals surface area contributed by atoms with E-state index in [4.69, 9.17) is 23.9 Å². The number of hydrogen-bond donors (Lipinski definition) is 0. The average molecular weight is 381 g/mol. The minimum absolute atomic E-state index is 0.233. The van der Waals surface area contributed by atoms with Crippen LogP contribution in [0.3, 0.4) is 0 Å². The number of hydrogen-bond acceptors (Lipinski definition) is 9. The Labute approximate surface area is 161 Å². The van der Waals surface area contributed by atoms with Gasteiger partial charge in [0.05, 0.1) is 44.7 Å². The summed E-state index contributed by atoms with van der Waals surface area (Å²) in [6, 6.07) is 0.